The quantitative estimate of drug-likeness (QED) is 0.278. The number of benzene rings is 3. The number of amides is 3. The lowest BCUT2D eigenvalue weighted by Gasteiger charge is -2.45. The number of anilines is 1. The second-order valence-corrected chi connectivity index (χ2v) is 12.5. The lowest BCUT2D eigenvalue weighted by Crippen LogP contribution is -2.47. The van der Waals surface area contributed by atoms with E-state index in [2.05, 4.69) is 21.2 Å². The molecule has 0 radical (unpaired) electrons. The molecule has 1 fully saturated rings. The summed E-state index contributed by atoms with van der Waals surface area (Å²) in [6.07, 6.45) is 0.248. The summed E-state index contributed by atoms with van der Waals surface area (Å²) >= 11 is 3.40. The number of likely N-dealkylation sites (tertiary alicyclic amines) is 1. The number of halogens is 1. The highest BCUT2D eigenvalue weighted by Gasteiger charge is 2.63. The van der Waals surface area contributed by atoms with Gasteiger partial charge in [0.05, 0.1) is 11.8 Å². The zero-order chi connectivity index (χ0) is 29.0. The maximum Gasteiger partial charge on any atom is 0.329 e. The molecule has 8 heteroatoms. The summed E-state index contributed by atoms with van der Waals surface area (Å²) in [6.45, 7) is 5.19. The monoisotopic (exact) mass is 614 g/mol. The summed E-state index contributed by atoms with van der Waals surface area (Å²) in [4.78, 5) is 55.6. The number of esters is 1. The van der Waals surface area contributed by atoms with Gasteiger partial charge in [0.15, 0.2) is 6.61 Å². The van der Waals surface area contributed by atoms with Gasteiger partial charge in [0.1, 0.15) is 6.04 Å². The minimum atomic E-state index is -1.10. The van der Waals surface area contributed by atoms with Crippen LogP contribution < -0.4 is 5.32 Å². The normalized spacial score (nSPS) is 22.7. The van der Waals surface area contributed by atoms with Crippen LogP contribution in [0.1, 0.15) is 59.9 Å². The Balaban J connectivity index is 1.26. The third-order valence-electron chi connectivity index (χ3n) is 8.57. The van der Waals surface area contributed by atoms with E-state index in [0.29, 0.717) is 5.69 Å². The number of ether oxygens (including phenoxy) is 1. The van der Waals surface area contributed by atoms with Crippen LogP contribution in [0.3, 0.4) is 0 Å². The van der Waals surface area contributed by atoms with E-state index in [9.17, 15) is 19.2 Å². The number of aryl methyl sites for hydroxylation is 1. The zero-order valence-electron chi connectivity index (χ0n) is 23.1. The molecule has 4 aliphatic rings. The summed E-state index contributed by atoms with van der Waals surface area (Å²) in [5.41, 5.74) is 5.75. The van der Waals surface area contributed by atoms with Gasteiger partial charge in [-0.05, 0) is 65.3 Å². The van der Waals surface area contributed by atoms with Gasteiger partial charge in [-0.15, -0.1) is 0 Å². The summed E-state index contributed by atoms with van der Waals surface area (Å²) in [5.74, 6) is -3.59. The van der Waals surface area contributed by atoms with E-state index in [0.717, 1.165) is 37.2 Å². The molecule has 0 spiro atoms. The Hall–Kier alpha value is -3.78. The largest absolute Gasteiger partial charge is 0.454 e. The van der Waals surface area contributed by atoms with Gasteiger partial charge in [-0.3, -0.25) is 19.3 Å². The number of hydrogen-bond donors (Lipinski definition) is 1. The predicted molar refractivity (Wildman–Crippen MR) is 157 cm³/mol. The summed E-state index contributed by atoms with van der Waals surface area (Å²) in [5, 5.41) is 2.76. The van der Waals surface area contributed by atoms with Crippen molar-refractivity contribution in [3.05, 3.63) is 99.0 Å². The highest BCUT2D eigenvalue weighted by molar-refractivity contribution is 9.10. The lowest BCUT2D eigenvalue weighted by molar-refractivity contribution is -0.160. The van der Waals surface area contributed by atoms with Crippen molar-refractivity contribution in [2.75, 3.05) is 11.9 Å². The number of nitrogens with zero attached hydrogens (tertiary/aromatic N) is 1. The molecule has 1 aliphatic heterocycles. The van der Waals surface area contributed by atoms with Crippen LogP contribution in [0.25, 0.3) is 0 Å². The molecular weight excluding hydrogens is 584 g/mol. The van der Waals surface area contributed by atoms with Crippen molar-refractivity contribution in [1.82, 2.24) is 4.90 Å². The zero-order valence-corrected chi connectivity index (χ0v) is 24.7. The van der Waals surface area contributed by atoms with Crippen molar-refractivity contribution >= 4 is 45.3 Å². The molecular formula is C33H31BrN2O5. The molecule has 3 aromatic rings. The second kappa shape index (κ2) is 10.6. The van der Waals surface area contributed by atoms with E-state index >= 15 is 0 Å². The van der Waals surface area contributed by atoms with E-state index in [1.165, 1.54) is 0 Å². The number of nitrogens with one attached hydrogen (secondary N) is 1. The first-order chi connectivity index (χ1) is 19.7. The molecule has 1 saturated heterocycles. The van der Waals surface area contributed by atoms with Crippen LogP contribution >= 0.6 is 15.9 Å². The first-order valence-corrected chi connectivity index (χ1v) is 14.7. The van der Waals surface area contributed by atoms with Crippen LogP contribution in [0.5, 0.6) is 0 Å². The molecule has 3 amide bonds. The highest BCUT2D eigenvalue weighted by Crippen LogP contribution is 2.61. The van der Waals surface area contributed by atoms with Gasteiger partial charge in [0, 0.05) is 22.0 Å². The topological polar surface area (TPSA) is 92.8 Å². The molecule has 1 heterocycles. The van der Waals surface area contributed by atoms with Crippen molar-refractivity contribution in [2.45, 2.75) is 45.1 Å². The van der Waals surface area contributed by atoms with Crippen molar-refractivity contribution in [3.8, 4) is 0 Å². The minimum Gasteiger partial charge on any atom is -0.454 e. The summed E-state index contributed by atoms with van der Waals surface area (Å²) < 4.78 is 6.34. The third-order valence-corrected chi connectivity index (χ3v) is 9.06. The van der Waals surface area contributed by atoms with Gasteiger partial charge in [-0.1, -0.05) is 78.3 Å². The third kappa shape index (κ3) is 4.58. The fourth-order valence-corrected chi connectivity index (χ4v) is 7.42. The molecule has 0 saturated carbocycles. The Kier molecular flexibility index (Phi) is 7.06. The maximum atomic E-state index is 14.1. The Morgan fingerprint density at radius 2 is 1.39 bits per heavy atom. The molecule has 0 unspecified atom stereocenters. The van der Waals surface area contributed by atoms with Gasteiger partial charge in [0.2, 0.25) is 11.8 Å². The van der Waals surface area contributed by atoms with Crippen LogP contribution in [0.15, 0.2) is 71.2 Å². The first-order valence-electron chi connectivity index (χ1n) is 13.9. The Labute approximate surface area is 247 Å². The molecule has 3 atom stereocenters. The number of rotatable bonds is 7. The lowest BCUT2D eigenvalue weighted by atomic mass is 9.55. The number of carbonyl (C=O) groups excluding carboxylic acids is 4. The minimum absolute atomic E-state index is 0.00105. The molecule has 7 rings (SSSR count). The molecule has 2 bridgehead atoms. The molecule has 41 heavy (non-hydrogen) atoms. The number of imide groups is 1. The fourth-order valence-electron chi connectivity index (χ4n) is 6.95. The van der Waals surface area contributed by atoms with E-state index < -0.39 is 36.4 Å². The SMILES string of the molecule is Cc1cc(Br)ccc1NC(=O)COC(=O)[C@H](CC(C)C)N1C(=O)[C@@H]2C3c4ccccc4C(c4ccccc43)[C@H]2C1=O. The van der Waals surface area contributed by atoms with E-state index in [4.69, 9.17) is 4.74 Å². The van der Waals surface area contributed by atoms with Crippen LogP contribution in [0.2, 0.25) is 0 Å². The van der Waals surface area contributed by atoms with Crippen LogP contribution in [0.4, 0.5) is 5.69 Å². The smallest absolute Gasteiger partial charge is 0.329 e. The van der Waals surface area contributed by atoms with Crippen LogP contribution in [-0.2, 0) is 23.9 Å². The average molecular weight is 616 g/mol. The molecule has 3 aromatic carbocycles. The standard InChI is InChI=1S/C33H31BrN2O5/c1-17(2)14-25(33(40)41-16-26(37)35-24-13-12-19(34)15-18(24)3)36-31(38)29-27-20-8-4-5-9-21(20)28(30(29)32(36)39)23-11-7-6-10-22(23)27/h4-13,15,17,25,27-30H,14,16H2,1-3H3,(H,35,37)/t25-,27?,28?,29+,30+/m0/s1. The summed E-state index contributed by atoms with van der Waals surface area (Å²) in [6, 6.07) is 20.4. The molecule has 3 aliphatic carbocycles. The van der Waals surface area contributed by atoms with E-state index in [-0.39, 0.29) is 36.0 Å². The molecule has 1 N–H and O–H groups in total. The van der Waals surface area contributed by atoms with Crippen LogP contribution in [-0.4, -0.2) is 41.2 Å². The van der Waals surface area contributed by atoms with Gasteiger partial charge in [0.25, 0.3) is 5.91 Å². The van der Waals surface area contributed by atoms with Crippen molar-refractivity contribution in [1.29, 1.82) is 0 Å². The Morgan fingerprint density at radius 3 is 1.85 bits per heavy atom. The van der Waals surface area contributed by atoms with Crippen molar-refractivity contribution < 1.29 is 23.9 Å². The van der Waals surface area contributed by atoms with Crippen LogP contribution in [0, 0.1) is 24.7 Å². The van der Waals surface area contributed by atoms with Gasteiger partial charge < -0.3 is 10.1 Å². The Morgan fingerprint density at radius 1 is 0.878 bits per heavy atom. The molecule has 7 nitrogen and oxygen atoms in total. The Bertz CT molecular complexity index is 1470. The van der Waals surface area contributed by atoms with Gasteiger partial charge >= 0.3 is 5.97 Å². The predicted octanol–water partition coefficient (Wildman–Crippen LogP) is 5.55. The average Bonchev–Trinajstić information content (AvgIpc) is 3.22. The highest BCUT2D eigenvalue weighted by atomic mass is 79.9. The maximum absolute atomic E-state index is 14.1. The molecule has 210 valence electrons. The first kappa shape index (κ1) is 27.4. The van der Waals surface area contributed by atoms with Crippen molar-refractivity contribution in [3.63, 3.8) is 0 Å². The fraction of sp³-hybridized carbons (Fsp3) is 0.333. The summed E-state index contributed by atoms with van der Waals surface area (Å²) in [7, 11) is 0. The van der Waals surface area contributed by atoms with Crippen molar-refractivity contribution in [2.24, 2.45) is 17.8 Å². The van der Waals surface area contributed by atoms with Gasteiger partial charge in [-0.25, -0.2) is 4.79 Å². The number of hydrogen-bond acceptors (Lipinski definition) is 5. The van der Waals surface area contributed by atoms with Gasteiger partial charge in [-0.2, -0.15) is 0 Å². The van der Waals surface area contributed by atoms with E-state index in [1.54, 1.807) is 12.1 Å². The van der Waals surface area contributed by atoms with E-state index in [1.807, 2.05) is 75.4 Å². The molecule has 0 aromatic heterocycles. The second-order valence-electron chi connectivity index (χ2n) is 11.6. The number of carbonyl (C=O) groups is 4.